The summed E-state index contributed by atoms with van der Waals surface area (Å²) in [6, 6.07) is 5.37. The van der Waals surface area contributed by atoms with Crippen molar-refractivity contribution in [1.82, 2.24) is 15.1 Å². The van der Waals surface area contributed by atoms with Crippen LogP contribution in [0.25, 0.3) is 0 Å². The van der Waals surface area contributed by atoms with Crippen LogP contribution in [0.15, 0.2) is 18.2 Å². The number of esters is 3. The third-order valence-electron chi connectivity index (χ3n) is 13.1. The molecule has 16 heteroatoms. The lowest BCUT2D eigenvalue weighted by Gasteiger charge is -2.62. The van der Waals surface area contributed by atoms with E-state index in [2.05, 4.69) is 21.2 Å². The number of aryl methyl sites for hydroxylation is 1. The third kappa shape index (κ3) is 5.83. The summed E-state index contributed by atoms with van der Waals surface area (Å²) in [5, 5.41) is 26.3. The Morgan fingerprint density at radius 3 is 2.53 bits per heavy atom. The number of rotatable bonds is 6. The molecule has 15 nitrogen and oxygen atoms in total. The van der Waals surface area contributed by atoms with Crippen molar-refractivity contribution in [2.24, 2.45) is 0 Å². The molecule has 1 unspecified atom stereocenters. The molecule has 0 radical (unpaired) electrons. The Morgan fingerprint density at radius 2 is 1.82 bits per heavy atom. The van der Waals surface area contributed by atoms with Crippen molar-refractivity contribution in [2.45, 2.75) is 94.4 Å². The van der Waals surface area contributed by atoms with Gasteiger partial charge >= 0.3 is 17.9 Å². The molecule has 2 fully saturated rings. The topological polar surface area (TPSA) is 178 Å². The van der Waals surface area contributed by atoms with Crippen LogP contribution in [0.5, 0.6) is 40.2 Å². The summed E-state index contributed by atoms with van der Waals surface area (Å²) < 4.78 is 42.3. The molecule has 1 spiro atoms. The molecule has 7 aliphatic heterocycles. The quantitative estimate of drug-likeness (QED) is 0.251. The maximum atomic E-state index is 15.0. The number of nitrogens with one attached hydrogen (secondary N) is 1. The van der Waals surface area contributed by atoms with Gasteiger partial charge in [0.15, 0.2) is 40.0 Å². The second-order valence-corrected chi connectivity index (χ2v) is 17.4. The lowest BCUT2D eigenvalue weighted by Crippen LogP contribution is -2.69. The molecule has 316 valence electrons. The number of phenols is 1. The Balaban J connectivity index is 1.29. The molecule has 7 heterocycles. The van der Waals surface area contributed by atoms with Crippen LogP contribution in [-0.2, 0) is 37.5 Å². The van der Waals surface area contributed by atoms with Crippen LogP contribution in [0.2, 0.25) is 0 Å². The molecule has 3 aromatic rings. The van der Waals surface area contributed by atoms with Gasteiger partial charge in [0.1, 0.15) is 18.4 Å². The molecule has 0 aliphatic carbocycles. The van der Waals surface area contributed by atoms with E-state index in [1.807, 2.05) is 33.9 Å². The van der Waals surface area contributed by atoms with Crippen molar-refractivity contribution in [3.05, 3.63) is 62.7 Å². The van der Waals surface area contributed by atoms with E-state index in [9.17, 15) is 24.8 Å². The molecular weight excluding hydrogens is 793 g/mol. The van der Waals surface area contributed by atoms with E-state index in [1.165, 1.54) is 32.9 Å². The number of carbonyl (C=O) groups is 3. The molecule has 7 aliphatic rings. The van der Waals surface area contributed by atoms with E-state index in [1.54, 1.807) is 12.1 Å². The first kappa shape index (κ1) is 40.2. The number of nitrogens with zero attached hydrogens (tertiary/aromatic N) is 3. The van der Waals surface area contributed by atoms with Crippen LogP contribution in [0.4, 0.5) is 0 Å². The highest BCUT2D eigenvalue weighted by Crippen LogP contribution is 2.64. The largest absolute Gasteiger partial charge is 0.504 e. The summed E-state index contributed by atoms with van der Waals surface area (Å²) >= 11 is 1.47. The molecule has 60 heavy (non-hydrogen) atoms. The normalized spacial score (nSPS) is 27.4. The van der Waals surface area contributed by atoms with Crippen LogP contribution < -0.4 is 33.7 Å². The first-order chi connectivity index (χ1) is 28.9. The van der Waals surface area contributed by atoms with E-state index in [4.69, 9.17) is 33.2 Å². The first-order valence-electron chi connectivity index (χ1n) is 20.3. The van der Waals surface area contributed by atoms with E-state index in [0.717, 1.165) is 16.7 Å². The van der Waals surface area contributed by atoms with Gasteiger partial charge in [0.25, 0.3) is 0 Å². The molecule has 7 atom stereocenters. The highest BCUT2D eigenvalue weighted by Gasteiger charge is 2.62. The lowest BCUT2D eigenvalue weighted by molar-refractivity contribution is -0.157. The van der Waals surface area contributed by atoms with Crippen LogP contribution >= 0.6 is 11.8 Å². The fraction of sp³-hybridized carbons (Fsp3) is 0.500. The van der Waals surface area contributed by atoms with Gasteiger partial charge in [-0.1, -0.05) is 13.0 Å². The number of nitriles is 1. The number of hydrogen-bond acceptors (Lipinski definition) is 16. The van der Waals surface area contributed by atoms with Gasteiger partial charge in [-0.25, -0.2) is 4.79 Å². The van der Waals surface area contributed by atoms with E-state index < -0.39 is 46.9 Å². The highest BCUT2D eigenvalue weighted by molar-refractivity contribution is 7.99. The number of aromatic hydroxyl groups is 1. The van der Waals surface area contributed by atoms with Gasteiger partial charge in [-0.15, -0.1) is 11.8 Å². The van der Waals surface area contributed by atoms with E-state index >= 15 is 0 Å². The van der Waals surface area contributed by atoms with Gasteiger partial charge in [0, 0.05) is 60.0 Å². The average Bonchev–Trinajstić information content (AvgIpc) is 3.71. The van der Waals surface area contributed by atoms with Gasteiger partial charge in [-0.2, -0.15) is 5.26 Å². The molecule has 10 rings (SSSR count). The number of hydrogen-bond donors (Lipinski definition) is 2. The first-order valence-corrected chi connectivity index (χ1v) is 21.3. The standard InChI is InChI=1S/C44H48N4O11S/c1-8-9-31(50)59-30-14-23-10-11-46-44(25(23)15-29(30)53-6)18-60-42-34-33(41-40(56-19-57-41)21(3)39(34)58-22(4)49)28(17-55-43(44)52)48-27(16-45)26-13-24-12-20(2)38(54-7)37(51)32(24)35(36(42)48)47(26)5/h12,14-15,26-28,35-36,42,46,51H,8-11,13,17-19H2,1-7H3/t26-,27+,28+,35+,36?,42-,44-/m1/s1. The van der Waals surface area contributed by atoms with Crippen LogP contribution in [0, 0.1) is 25.2 Å². The van der Waals surface area contributed by atoms with Crippen LogP contribution in [-0.4, -0.2) is 97.9 Å². The van der Waals surface area contributed by atoms with Crippen LogP contribution in [0.1, 0.15) is 88.5 Å². The molecule has 0 amide bonds. The maximum Gasteiger partial charge on any atom is 0.331 e. The van der Waals surface area contributed by atoms with Gasteiger partial charge in [0.05, 0.1) is 37.6 Å². The number of phenolic OH excluding ortho intramolecular Hbond substituents is 1. The zero-order chi connectivity index (χ0) is 42.4. The van der Waals surface area contributed by atoms with Crippen LogP contribution in [0.3, 0.4) is 0 Å². The summed E-state index contributed by atoms with van der Waals surface area (Å²) in [4.78, 5) is 45.0. The number of ether oxygens (including phenoxy) is 7. The summed E-state index contributed by atoms with van der Waals surface area (Å²) in [5.74, 6) is 0.866. The minimum atomic E-state index is -1.41. The predicted molar refractivity (Wildman–Crippen MR) is 217 cm³/mol. The van der Waals surface area contributed by atoms with E-state index in [0.29, 0.717) is 82.4 Å². The number of carbonyl (C=O) groups excluding carboxylic acids is 3. The number of methoxy groups -OCH3 is 2. The third-order valence-corrected chi connectivity index (χ3v) is 14.6. The summed E-state index contributed by atoms with van der Waals surface area (Å²) in [7, 11) is 5.01. The van der Waals surface area contributed by atoms with Crippen molar-refractivity contribution in [3.63, 3.8) is 0 Å². The van der Waals surface area contributed by atoms with Crippen molar-refractivity contribution >= 4 is 29.7 Å². The summed E-state index contributed by atoms with van der Waals surface area (Å²) in [5.41, 5.74) is 4.32. The predicted octanol–water partition coefficient (Wildman–Crippen LogP) is 4.99. The highest BCUT2D eigenvalue weighted by atomic mass is 32.2. The lowest BCUT2D eigenvalue weighted by atomic mass is 9.71. The summed E-state index contributed by atoms with van der Waals surface area (Å²) in [6.45, 7) is 7.12. The zero-order valence-electron chi connectivity index (χ0n) is 34.6. The van der Waals surface area contributed by atoms with Crippen molar-refractivity contribution in [1.29, 1.82) is 5.26 Å². The van der Waals surface area contributed by atoms with Gasteiger partial charge in [-0.3, -0.25) is 24.7 Å². The Hall–Kier alpha value is -5.21. The van der Waals surface area contributed by atoms with Crippen molar-refractivity contribution in [3.8, 4) is 46.3 Å². The minimum absolute atomic E-state index is 0.0340. The fourth-order valence-electron chi connectivity index (χ4n) is 10.6. The average molecular weight is 841 g/mol. The maximum absolute atomic E-state index is 15.0. The number of likely N-dealkylation sites (N-methyl/N-ethyl adjacent to an activating group) is 1. The van der Waals surface area contributed by atoms with Crippen molar-refractivity contribution < 1.29 is 52.6 Å². The second kappa shape index (κ2) is 15.1. The van der Waals surface area contributed by atoms with Gasteiger partial charge in [-0.05, 0) is 74.5 Å². The number of piperazine rings is 1. The minimum Gasteiger partial charge on any atom is -0.504 e. The Morgan fingerprint density at radius 1 is 1.03 bits per heavy atom. The number of thioether (sulfide) groups is 1. The molecule has 3 aromatic carbocycles. The van der Waals surface area contributed by atoms with Gasteiger partial charge < -0.3 is 38.3 Å². The monoisotopic (exact) mass is 840 g/mol. The second-order valence-electron chi connectivity index (χ2n) is 16.3. The SMILES string of the molecule is CCCC(=O)Oc1cc2c(cc1OC)[C@@]1(CS[C@@H]3c4c(OC(C)=O)c(C)c5c(c4[C@H](COC1=O)N1C3[C@@H]3c4c(cc(C)c(OC)c4O)C[C@H]([C@@H]1C#N)N3C)OCO5)NCC2. The Labute approximate surface area is 352 Å². The fourth-order valence-corrected chi connectivity index (χ4v) is 12.3. The molecule has 2 saturated heterocycles. The molecule has 4 bridgehead atoms. The zero-order valence-corrected chi connectivity index (χ0v) is 35.4. The molecular formula is C44H48N4O11S. The molecule has 0 aromatic heterocycles. The molecule has 0 saturated carbocycles. The Bertz CT molecular complexity index is 2380. The summed E-state index contributed by atoms with van der Waals surface area (Å²) in [6.07, 6.45) is 1.88. The van der Waals surface area contributed by atoms with Gasteiger partial charge in [0.2, 0.25) is 6.79 Å². The Kier molecular flexibility index (Phi) is 10.1. The van der Waals surface area contributed by atoms with E-state index in [-0.39, 0.29) is 49.1 Å². The molecule has 2 N–H and O–H groups in total. The number of fused-ring (bicyclic) bond motifs is 9. The number of benzene rings is 3. The smallest absolute Gasteiger partial charge is 0.331 e. The van der Waals surface area contributed by atoms with Crippen molar-refractivity contribution in [2.75, 3.05) is 47.0 Å².